The normalized spacial score (nSPS) is 17.5. The lowest BCUT2D eigenvalue weighted by atomic mass is 9.84. The van der Waals surface area contributed by atoms with Crippen LogP contribution >= 0.6 is 0 Å². The number of amides is 2. The molecule has 0 saturated carbocycles. The monoisotopic (exact) mass is 781 g/mol. The SMILES string of the molecule is CC1CN(C(=O)OC(C)(C)C)CC(CCc2c(F)cncc2NC(=O)[C@@H](N=[N+]=[N-])[C@@H](c2ccc(F)cc2)c2cc(F)cc(F)c2)N1S(=O)(=O)c1ccccc1. The molecule has 2 unspecified atom stereocenters. The van der Waals surface area contributed by atoms with Gasteiger partial charge in [0.15, 0.2) is 0 Å². The van der Waals surface area contributed by atoms with Crippen LogP contribution < -0.4 is 5.32 Å². The van der Waals surface area contributed by atoms with Crippen LogP contribution in [0.4, 0.5) is 28.0 Å². The van der Waals surface area contributed by atoms with Gasteiger partial charge in [0, 0.05) is 47.6 Å². The molecule has 1 fully saturated rings. The van der Waals surface area contributed by atoms with Crippen LogP contribution in [0.2, 0.25) is 0 Å². The number of nitrogens with zero attached hydrogens (tertiary/aromatic N) is 6. The molecule has 5 rings (SSSR count). The Kier molecular flexibility index (Phi) is 12.5. The van der Waals surface area contributed by atoms with Crippen molar-refractivity contribution >= 4 is 27.7 Å². The van der Waals surface area contributed by atoms with Crippen LogP contribution in [-0.4, -0.2) is 71.4 Å². The van der Waals surface area contributed by atoms with Crippen molar-refractivity contribution in [3.63, 3.8) is 0 Å². The van der Waals surface area contributed by atoms with E-state index in [0.29, 0.717) is 6.07 Å². The van der Waals surface area contributed by atoms with Crippen LogP contribution in [0.15, 0.2) is 95.2 Å². The van der Waals surface area contributed by atoms with E-state index in [4.69, 9.17) is 4.74 Å². The number of aromatic nitrogens is 1. The molecule has 12 nitrogen and oxygen atoms in total. The minimum Gasteiger partial charge on any atom is -0.444 e. The third kappa shape index (κ3) is 9.79. The van der Waals surface area contributed by atoms with Gasteiger partial charge in [-0.2, -0.15) is 4.31 Å². The van der Waals surface area contributed by atoms with Crippen LogP contribution in [0, 0.1) is 23.3 Å². The molecule has 2 amide bonds. The van der Waals surface area contributed by atoms with Gasteiger partial charge in [0.2, 0.25) is 15.9 Å². The van der Waals surface area contributed by atoms with E-state index in [2.05, 4.69) is 20.3 Å². The van der Waals surface area contributed by atoms with Gasteiger partial charge in [-0.25, -0.2) is 30.8 Å². The standard InChI is InChI=1S/C38H39F4N7O5S/c1-23-21-48(37(51)54-38(2,3)4)22-29(49(23)55(52,53)30-8-6-5-7-9-30)14-15-31-32(42)19-44-20-33(31)45-36(50)35(46-47-43)34(24-10-12-26(39)13-11-24)25-16-27(40)18-28(41)17-25/h5-13,16-20,23,29,34-35H,14-15,21-22H2,1-4H3,(H,45,50)/t23?,29?,34-,35-/m0/s1. The summed E-state index contributed by atoms with van der Waals surface area (Å²) in [7, 11) is -4.12. The summed E-state index contributed by atoms with van der Waals surface area (Å²) < 4.78 is 93.4. The molecule has 1 aromatic heterocycles. The Bertz CT molecular complexity index is 2160. The summed E-state index contributed by atoms with van der Waals surface area (Å²) in [5.41, 5.74) is 8.50. The van der Waals surface area contributed by atoms with Crippen molar-refractivity contribution in [1.29, 1.82) is 0 Å². The maximum absolute atomic E-state index is 15.7. The highest BCUT2D eigenvalue weighted by molar-refractivity contribution is 7.89. The topological polar surface area (TPSA) is 158 Å². The Morgan fingerprint density at radius 1 is 0.964 bits per heavy atom. The quantitative estimate of drug-likeness (QED) is 0.0711. The van der Waals surface area contributed by atoms with E-state index >= 15 is 4.39 Å². The highest BCUT2D eigenvalue weighted by atomic mass is 32.2. The largest absolute Gasteiger partial charge is 0.444 e. The number of hydrogen-bond donors (Lipinski definition) is 1. The number of carbonyl (C=O) groups excluding carboxylic acids is 2. The molecule has 3 aromatic carbocycles. The third-order valence-corrected chi connectivity index (χ3v) is 11.0. The van der Waals surface area contributed by atoms with Gasteiger partial charge in [-0.3, -0.25) is 9.78 Å². The number of nitrogens with one attached hydrogen (secondary N) is 1. The highest BCUT2D eigenvalue weighted by Gasteiger charge is 2.43. The summed E-state index contributed by atoms with van der Waals surface area (Å²) in [4.78, 5) is 35.2. The smallest absolute Gasteiger partial charge is 0.410 e. The Hall–Kier alpha value is -5.51. The molecule has 1 aliphatic rings. The second-order valence-electron chi connectivity index (χ2n) is 14.1. The second kappa shape index (κ2) is 16.9. The summed E-state index contributed by atoms with van der Waals surface area (Å²) in [5, 5.41) is 6.17. The predicted octanol–water partition coefficient (Wildman–Crippen LogP) is 7.72. The molecule has 1 saturated heterocycles. The van der Waals surface area contributed by atoms with E-state index in [-0.39, 0.29) is 53.2 Å². The maximum Gasteiger partial charge on any atom is 0.410 e. The number of rotatable bonds is 11. The Labute approximate surface area is 315 Å². The first kappa shape index (κ1) is 40.7. The third-order valence-electron chi connectivity index (χ3n) is 8.90. The van der Waals surface area contributed by atoms with Gasteiger partial charge in [-0.05, 0) is 93.6 Å². The molecule has 17 heteroatoms. The molecule has 0 radical (unpaired) electrons. The lowest BCUT2D eigenvalue weighted by Gasteiger charge is -2.44. The van der Waals surface area contributed by atoms with Gasteiger partial charge in [-0.15, -0.1) is 0 Å². The summed E-state index contributed by atoms with van der Waals surface area (Å²) in [5.74, 6) is -5.79. The molecule has 1 aliphatic heterocycles. The molecular weight excluding hydrogens is 743 g/mol. The van der Waals surface area contributed by atoms with Gasteiger partial charge in [0.1, 0.15) is 34.9 Å². The summed E-state index contributed by atoms with van der Waals surface area (Å²) in [6.07, 6.45) is 1.18. The zero-order chi connectivity index (χ0) is 40.1. The molecule has 4 aromatic rings. The number of carbonyl (C=O) groups is 2. The average Bonchev–Trinajstić information content (AvgIpc) is 3.11. The van der Waals surface area contributed by atoms with E-state index in [1.54, 1.807) is 45.9 Å². The fourth-order valence-corrected chi connectivity index (χ4v) is 8.51. The molecule has 4 atom stereocenters. The van der Waals surface area contributed by atoms with Crippen LogP contribution in [-0.2, 0) is 26.0 Å². The first-order valence-corrected chi connectivity index (χ1v) is 18.7. The van der Waals surface area contributed by atoms with Crippen molar-refractivity contribution < 1.29 is 40.3 Å². The van der Waals surface area contributed by atoms with Gasteiger partial charge in [0.05, 0.1) is 23.0 Å². The fourth-order valence-electron chi connectivity index (χ4n) is 6.66. The van der Waals surface area contributed by atoms with Crippen molar-refractivity contribution in [2.24, 2.45) is 5.11 Å². The number of sulfonamides is 1. The number of azide groups is 1. The highest BCUT2D eigenvalue weighted by Crippen LogP contribution is 2.34. The molecule has 55 heavy (non-hydrogen) atoms. The van der Waals surface area contributed by atoms with Crippen molar-refractivity contribution in [2.75, 3.05) is 18.4 Å². The number of pyridine rings is 1. The average molecular weight is 782 g/mol. The molecule has 0 bridgehead atoms. The van der Waals surface area contributed by atoms with Crippen LogP contribution in [0.5, 0.6) is 0 Å². The summed E-state index contributed by atoms with van der Waals surface area (Å²) in [6.45, 7) is 6.69. The van der Waals surface area contributed by atoms with Crippen LogP contribution in [0.25, 0.3) is 10.4 Å². The zero-order valence-corrected chi connectivity index (χ0v) is 31.2. The maximum atomic E-state index is 15.7. The van der Waals surface area contributed by atoms with E-state index in [0.717, 1.165) is 36.7 Å². The first-order valence-electron chi connectivity index (χ1n) is 17.2. The van der Waals surface area contributed by atoms with Gasteiger partial charge in [0.25, 0.3) is 0 Å². The summed E-state index contributed by atoms with van der Waals surface area (Å²) in [6, 6.07) is 11.6. The molecule has 2 heterocycles. The molecule has 1 N–H and O–H groups in total. The molecule has 0 spiro atoms. The van der Waals surface area contributed by atoms with Gasteiger partial charge in [-0.1, -0.05) is 35.4 Å². The zero-order valence-electron chi connectivity index (χ0n) is 30.4. The Morgan fingerprint density at radius 3 is 2.24 bits per heavy atom. The van der Waals surface area contributed by atoms with Crippen LogP contribution in [0.1, 0.15) is 56.7 Å². The minimum atomic E-state index is -4.12. The number of benzene rings is 3. The van der Waals surface area contributed by atoms with Crippen LogP contribution in [0.3, 0.4) is 0 Å². The van der Waals surface area contributed by atoms with Crippen molar-refractivity contribution in [3.8, 4) is 0 Å². The number of halogens is 4. The van der Waals surface area contributed by atoms with Crippen molar-refractivity contribution in [2.45, 2.75) is 75.1 Å². The number of piperazine rings is 1. The fraction of sp³-hybridized carbons (Fsp3) is 0.342. The first-order chi connectivity index (χ1) is 26.0. The Morgan fingerprint density at radius 2 is 1.62 bits per heavy atom. The molecule has 0 aliphatic carbocycles. The predicted molar refractivity (Wildman–Crippen MR) is 195 cm³/mol. The number of hydrogen-bond acceptors (Lipinski definition) is 7. The molecule has 290 valence electrons. The Balaban J connectivity index is 1.48. The second-order valence-corrected chi connectivity index (χ2v) is 15.9. The van der Waals surface area contributed by atoms with Gasteiger partial charge >= 0.3 is 6.09 Å². The van der Waals surface area contributed by atoms with E-state index in [1.165, 1.54) is 33.5 Å². The van der Waals surface area contributed by atoms with Gasteiger partial charge < -0.3 is 15.0 Å². The lowest BCUT2D eigenvalue weighted by molar-refractivity contribution is -0.117. The molecular formula is C38H39F4N7O5S. The van der Waals surface area contributed by atoms with E-state index in [9.17, 15) is 36.7 Å². The lowest BCUT2D eigenvalue weighted by Crippen LogP contribution is -2.61. The summed E-state index contributed by atoms with van der Waals surface area (Å²) >= 11 is 0. The minimum absolute atomic E-state index is 0.0215. The number of anilines is 1. The van der Waals surface area contributed by atoms with Crippen molar-refractivity contribution in [3.05, 3.63) is 136 Å². The number of ether oxygens (including phenoxy) is 1. The van der Waals surface area contributed by atoms with E-state index in [1.807, 2.05) is 0 Å². The van der Waals surface area contributed by atoms with Crippen molar-refractivity contribution in [1.82, 2.24) is 14.2 Å². The van der Waals surface area contributed by atoms with E-state index < -0.39 is 74.9 Å².